The maximum Gasteiger partial charge on any atom is 0.223 e. The third-order valence-electron chi connectivity index (χ3n) is 3.79. The number of hydrogen-bond donors (Lipinski definition) is 2. The Hall–Kier alpha value is -2.80. The third-order valence-corrected chi connectivity index (χ3v) is 3.79. The summed E-state index contributed by atoms with van der Waals surface area (Å²) in [6, 6.07) is 8.02. The number of anilines is 1. The summed E-state index contributed by atoms with van der Waals surface area (Å²) in [4.78, 5) is 8.76. The summed E-state index contributed by atoms with van der Waals surface area (Å²) >= 11 is 0. The highest BCUT2D eigenvalue weighted by molar-refractivity contribution is 5.58. The Morgan fingerprint density at radius 2 is 1.92 bits per heavy atom. The molecule has 3 rings (SSSR count). The van der Waals surface area contributed by atoms with Gasteiger partial charge in [0.25, 0.3) is 0 Å². The maximum atomic E-state index is 13.0. The van der Waals surface area contributed by atoms with Crippen molar-refractivity contribution in [2.75, 3.05) is 18.4 Å². The zero-order valence-corrected chi connectivity index (χ0v) is 13.9. The van der Waals surface area contributed by atoms with Gasteiger partial charge in [-0.25, -0.2) is 19.0 Å². The first-order valence-electron chi connectivity index (χ1n) is 8.34. The van der Waals surface area contributed by atoms with Gasteiger partial charge in [0.05, 0.1) is 17.6 Å². The van der Waals surface area contributed by atoms with Crippen molar-refractivity contribution in [2.45, 2.75) is 19.3 Å². The van der Waals surface area contributed by atoms with E-state index < -0.39 is 0 Å². The number of halogens is 1. The van der Waals surface area contributed by atoms with Crippen LogP contribution in [0.15, 0.2) is 48.9 Å². The Kier molecular flexibility index (Phi) is 5.69. The summed E-state index contributed by atoms with van der Waals surface area (Å²) in [5.74, 6) is 0.328. The molecule has 0 fully saturated rings. The number of benzene rings is 1. The maximum absolute atomic E-state index is 13.0. The van der Waals surface area contributed by atoms with E-state index in [9.17, 15) is 4.39 Å². The van der Waals surface area contributed by atoms with Crippen molar-refractivity contribution in [3.05, 3.63) is 54.7 Å². The second-order valence-corrected chi connectivity index (χ2v) is 5.69. The van der Waals surface area contributed by atoms with Crippen molar-refractivity contribution in [1.82, 2.24) is 19.7 Å². The molecule has 0 radical (unpaired) electrons. The molecule has 0 unspecified atom stereocenters. The van der Waals surface area contributed by atoms with Crippen LogP contribution >= 0.6 is 0 Å². The molecule has 0 amide bonds. The highest BCUT2D eigenvalue weighted by atomic mass is 19.1. The lowest BCUT2D eigenvalue weighted by atomic mass is 10.2. The lowest BCUT2D eigenvalue weighted by Crippen LogP contribution is -2.06. The summed E-state index contributed by atoms with van der Waals surface area (Å²) in [5, 5.41) is 7.55. The van der Waals surface area contributed by atoms with E-state index in [-0.39, 0.29) is 5.82 Å². The van der Waals surface area contributed by atoms with Crippen molar-refractivity contribution in [3.63, 3.8) is 0 Å². The number of unbranched alkanes of at least 4 members (excludes halogenated alkanes) is 2. The van der Waals surface area contributed by atoms with Crippen LogP contribution in [0, 0.1) is 5.82 Å². The molecular formula is C18H21FN6. The first-order chi connectivity index (χ1) is 12.3. The van der Waals surface area contributed by atoms with Gasteiger partial charge >= 0.3 is 0 Å². The van der Waals surface area contributed by atoms with Gasteiger partial charge in [-0.3, -0.25) is 0 Å². The lowest BCUT2D eigenvalue weighted by Gasteiger charge is -2.05. The first-order valence-corrected chi connectivity index (χ1v) is 8.34. The van der Waals surface area contributed by atoms with E-state index in [4.69, 9.17) is 5.73 Å². The lowest BCUT2D eigenvalue weighted by molar-refractivity contribution is 0.627. The van der Waals surface area contributed by atoms with Crippen LogP contribution in [-0.2, 0) is 0 Å². The van der Waals surface area contributed by atoms with Gasteiger partial charge in [0.1, 0.15) is 5.82 Å². The average Bonchev–Trinajstić information content (AvgIpc) is 3.13. The topological polar surface area (TPSA) is 81.6 Å². The Balaban J connectivity index is 1.68. The standard InChI is InChI=1S/C18H21FN6/c19-15-4-6-16(7-5-15)25-13-14(12-23-25)17-8-11-22-18(24-17)21-10-3-1-2-9-20/h4-8,11-13H,1-3,9-10,20H2,(H,21,22,24). The number of nitrogens with one attached hydrogen (secondary N) is 1. The van der Waals surface area contributed by atoms with Crippen molar-refractivity contribution < 1.29 is 4.39 Å². The average molecular weight is 340 g/mol. The molecule has 25 heavy (non-hydrogen) atoms. The molecule has 0 bridgehead atoms. The Morgan fingerprint density at radius 1 is 1.08 bits per heavy atom. The molecular weight excluding hydrogens is 319 g/mol. The minimum Gasteiger partial charge on any atom is -0.354 e. The van der Waals surface area contributed by atoms with Gasteiger partial charge in [-0.05, 0) is 49.7 Å². The fourth-order valence-corrected chi connectivity index (χ4v) is 2.44. The third kappa shape index (κ3) is 4.60. The molecule has 2 heterocycles. The molecule has 0 aliphatic carbocycles. The van der Waals surface area contributed by atoms with Gasteiger partial charge in [0, 0.05) is 24.5 Å². The molecule has 7 heteroatoms. The van der Waals surface area contributed by atoms with Crippen LogP contribution in [0.1, 0.15) is 19.3 Å². The van der Waals surface area contributed by atoms with Gasteiger partial charge < -0.3 is 11.1 Å². The van der Waals surface area contributed by atoms with Gasteiger partial charge in [0.15, 0.2) is 0 Å². The van der Waals surface area contributed by atoms with Gasteiger partial charge in [-0.2, -0.15) is 5.10 Å². The normalized spacial score (nSPS) is 10.8. The van der Waals surface area contributed by atoms with E-state index in [1.54, 1.807) is 29.2 Å². The Morgan fingerprint density at radius 3 is 2.72 bits per heavy atom. The largest absolute Gasteiger partial charge is 0.354 e. The summed E-state index contributed by atoms with van der Waals surface area (Å²) < 4.78 is 14.7. The molecule has 0 saturated heterocycles. The quantitative estimate of drug-likeness (QED) is 0.616. The van der Waals surface area contributed by atoms with Crippen molar-refractivity contribution in [3.8, 4) is 16.9 Å². The SMILES string of the molecule is NCCCCCNc1nccc(-c2cnn(-c3ccc(F)cc3)c2)n1. The molecule has 3 N–H and O–H groups in total. The van der Waals surface area contributed by atoms with Crippen molar-refractivity contribution >= 4 is 5.95 Å². The van der Waals surface area contributed by atoms with E-state index in [1.165, 1.54) is 12.1 Å². The van der Waals surface area contributed by atoms with Crippen molar-refractivity contribution in [2.24, 2.45) is 5.73 Å². The summed E-state index contributed by atoms with van der Waals surface area (Å²) in [6.45, 7) is 1.54. The molecule has 0 spiro atoms. The predicted octanol–water partition coefficient (Wildman–Crippen LogP) is 3.01. The van der Waals surface area contributed by atoms with Crippen LogP contribution < -0.4 is 11.1 Å². The fourth-order valence-electron chi connectivity index (χ4n) is 2.44. The summed E-state index contributed by atoms with van der Waals surface area (Å²) in [5.41, 5.74) is 7.94. The van der Waals surface area contributed by atoms with E-state index in [1.807, 2.05) is 12.3 Å². The molecule has 0 saturated carbocycles. The van der Waals surface area contributed by atoms with Gasteiger partial charge in [-0.1, -0.05) is 6.42 Å². The first kappa shape index (κ1) is 17.0. The fraction of sp³-hybridized carbons (Fsp3) is 0.278. The number of rotatable bonds is 8. The van der Waals surface area contributed by atoms with E-state index in [0.29, 0.717) is 5.95 Å². The molecule has 3 aromatic rings. The second kappa shape index (κ2) is 8.34. The smallest absolute Gasteiger partial charge is 0.223 e. The van der Waals surface area contributed by atoms with E-state index >= 15 is 0 Å². The van der Waals surface area contributed by atoms with Gasteiger partial charge in [-0.15, -0.1) is 0 Å². The van der Waals surface area contributed by atoms with Crippen LogP contribution in [0.5, 0.6) is 0 Å². The Labute approximate surface area is 145 Å². The van der Waals surface area contributed by atoms with Crippen LogP contribution in [0.3, 0.4) is 0 Å². The molecule has 0 atom stereocenters. The highest BCUT2D eigenvalue weighted by Crippen LogP contribution is 2.19. The molecule has 0 aliphatic heterocycles. The second-order valence-electron chi connectivity index (χ2n) is 5.69. The minimum absolute atomic E-state index is 0.269. The zero-order chi connectivity index (χ0) is 17.5. The monoisotopic (exact) mass is 340 g/mol. The van der Waals surface area contributed by atoms with Crippen molar-refractivity contribution in [1.29, 1.82) is 0 Å². The predicted molar refractivity (Wildman–Crippen MR) is 95.9 cm³/mol. The highest BCUT2D eigenvalue weighted by Gasteiger charge is 2.06. The number of nitrogens with two attached hydrogens (primary N) is 1. The Bertz CT molecular complexity index is 799. The van der Waals surface area contributed by atoms with E-state index in [0.717, 1.165) is 49.3 Å². The molecule has 0 aliphatic rings. The molecule has 2 aromatic heterocycles. The van der Waals surface area contributed by atoms with Crippen LogP contribution in [0.4, 0.5) is 10.3 Å². The number of hydrogen-bond acceptors (Lipinski definition) is 5. The zero-order valence-electron chi connectivity index (χ0n) is 13.9. The van der Waals surface area contributed by atoms with Crippen LogP contribution in [0.25, 0.3) is 16.9 Å². The van der Waals surface area contributed by atoms with Gasteiger partial charge in [0.2, 0.25) is 5.95 Å². The molecule has 130 valence electrons. The summed E-state index contributed by atoms with van der Waals surface area (Å²) in [6.07, 6.45) is 8.48. The minimum atomic E-state index is -0.269. The van der Waals surface area contributed by atoms with Crippen LogP contribution in [0.2, 0.25) is 0 Å². The molecule has 6 nitrogen and oxygen atoms in total. The van der Waals surface area contributed by atoms with Crippen LogP contribution in [-0.4, -0.2) is 32.8 Å². The number of aromatic nitrogens is 4. The van der Waals surface area contributed by atoms with E-state index in [2.05, 4.69) is 20.4 Å². The number of nitrogens with zero attached hydrogens (tertiary/aromatic N) is 4. The molecule has 1 aromatic carbocycles. The summed E-state index contributed by atoms with van der Waals surface area (Å²) in [7, 11) is 0.